The molecule has 0 aliphatic carbocycles. The number of hydrogen-bond donors (Lipinski definition) is 1. The van der Waals surface area contributed by atoms with E-state index in [2.05, 4.69) is 4.98 Å². The second-order valence-corrected chi connectivity index (χ2v) is 4.76. The van der Waals surface area contributed by atoms with E-state index < -0.39 is 0 Å². The highest BCUT2D eigenvalue weighted by Gasteiger charge is 2.19. The van der Waals surface area contributed by atoms with Crippen LogP contribution < -0.4 is 0 Å². The number of halogens is 1. The number of carbonyl (C=O) groups excluding carboxylic acids is 1. The van der Waals surface area contributed by atoms with Crippen LogP contribution in [0.1, 0.15) is 10.5 Å². The van der Waals surface area contributed by atoms with Crippen LogP contribution in [0.2, 0.25) is 5.02 Å². The summed E-state index contributed by atoms with van der Waals surface area (Å²) < 4.78 is 5.24. The van der Waals surface area contributed by atoms with Gasteiger partial charge in [0.05, 0.1) is 13.2 Å². The van der Waals surface area contributed by atoms with Gasteiger partial charge in [0, 0.05) is 29.0 Å². The zero-order valence-electron chi connectivity index (χ0n) is 9.78. The molecule has 2 aromatic rings. The average molecular weight is 265 g/mol. The molecule has 0 atom stereocenters. The fourth-order valence-corrected chi connectivity index (χ4v) is 2.32. The standard InChI is InChI=1S/C13H13ClN2O2/c14-10-2-1-9-7-12(15-11(9)8-10)13(17)16-3-5-18-6-4-16/h1-2,7-8,15H,3-6H2. The summed E-state index contributed by atoms with van der Waals surface area (Å²) >= 11 is 5.92. The van der Waals surface area contributed by atoms with E-state index in [0.29, 0.717) is 37.0 Å². The van der Waals surface area contributed by atoms with Gasteiger partial charge in [0.1, 0.15) is 5.69 Å². The average Bonchev–Trinajstić information content (AvgIpc) is 2.81. The summed E-state index contributed by atoms with van der Waals surface area (Å²) in [7, 11) is 0. The summed E-state index contributed by atoms with van der Waals surface area (Å²) in [6.07, 6.45) is 0. The van der Waals surface area contributed by atoms with Crippen LogP contribution in [-0.4, -0.2) is 42.1 Å². The molecule has 0 saturated carbocycles. The number of amides is 1. The molecular formula is C13H13ClN2O2. The van der Waals surface area contributed by atoms with Gasteiger partial charge in [0.2, 0.25) is 0 Å². The smallest absolute Gasteiger partial charge is 0.270 e. The first-order chi connectivity index (χ1) is 8.74. The molecule has 0 spiro atoms. The Morgan fingerprint density at radius 1 is 1.28 bits per heavy atom. The zero-order chi connectivity index (χ0) is 12.5. The largest absolute Gasteiger partial charge is 0.378 e. The van der Waals surface area contributed by atoms with Crippen LogP contribution in [0.5, 0.6) is 0 Å². The topological polar surface area (TPSA) is 45.3 Å². The third-order valence-corrected chi connectivity index (χ3v) is 3.35. The normalized spacial score (nSPS) is 16.2. The Kier molecular flexibility index (Phi) is 2.97. The molecule has 94 valence electrons. The van der Waals surface area contributed by atoms with Crippen LogP contribution >= 0.6 is 11.6 Å². The number of morpholine rings is 1. The fourth-order valence-electron chi connectivity index (χ4n) is 2.15. The molecule has 1 aromatic carbocycles. The molecule has 5 heteroatoms. The Balaban J connectivity index is 1.91. The molecule has 1 aliphatic rings. The lowest BCUT2D eigenvalue weighted by Gasteiger charge is -2.26. The number of rotatable bonds is 1. The first kappa shape index (κ1) is 11.6. The number of fused-ring (bicyclic) bond motifs is 1. The van der Waals surface area contributed by atoms with Gasteiger partial charge >= 0.3 is 0 Å². The molecule has 18 heavy (non-hydrogen) atoms. The maximum absolute atomic E-state index is 12.3. The molecule has 1 fully saturated rings. The molecule has 1 saturated heterocycles. The van der Waals surface area contributed by atoms with E-state index in [1.165, 1.54) is 0 Å². The van der Waals surface area contributed by atoms with E-state index in [1.807, 2.05) is 24.3 Å². The van der Waals surface area contributed by atoms with Gasteiger partial charge in [-0.2, -0.15) is 0 Å². The maximum Gasteiger partial charge on any atom is 0.270 e. The first-order valence-corrected chi connectivity index (χ1v) is 6.27. The van der Waals surface area contributed by atoms with Crippen LogP contribution in [0.15, 0.2) is 24.3 Å². The van der Waals surface area contributed by atoms with Crippen molar-refractivity contribution in [3.05, 3.63) is 35.0 Å². The van der Waals surface area contributed by atoms with Gasteiger partial charge in [-0.05, 0) is 18.2 Å². The quantitative estimate of drug-likeness (QED) is 0.859. The van der Waals surface area contributed by atoms with Crippen molar-refractivity contribution in [2.75, 3.05) is 26.3 Å². The number of nitrogens with one attached hydrogen (secondary N) is 1. The van der Waals surface area contributed by atoms with Crippen molar-refractivity contribution in [2.24, 2.45) is 0 Å². The van der Waals surface area contributed by atoms with Crippen LogP contribution in [-0.2, 0) is 4.74 Å². The van der Waals surface area contributed by atoms with E-state index in [4.69, 9.17) is 16.3 Å². The third kappa shape index (κ3) is 2.09. The van der Waals surface area contributed by atoms with Crippen molar-refractivity contribution in [1.82, 2.24) is 9.88 Å². The minimum absolute atomic E-state index is 0.0191. The minimum atomic E-state index is 0.0191. The van der Waals surface area contributed by atoms with Crippen LogP contribution in [0, 0.1) is 0 Å². The Hall–Kier alpha value is -1.52. The molecule has 0 unspecified atom stereocenters. The summed E-state index contributed by atoms with van der Waals surface area (Å²) in [6, 6.07) is 7.42. The van der Waals surface area contributed by atoms with Crippen LogP contribution in [0.25, 0.3) is 10.9 Å². The lowest BCUT2D eigenvalue weighted by Crippen LogP contribution is -2.40. The van der Waals surface area contributed by atoms with Gasteiger partial charge in [0.25, 0.3) is 5.91 Å². The minimum Gasteiger partial charge on any atom is -0.378 e. The number of benzene rings is 1. The molecule has 0 bridgehead atoms. The summed E-state index contributed by atoms with van der Waals surface area (Å²) in [5.41, 5.74) is 1.49. The Morgan fingerprint density at radius 3 is 2.83 bits per heavy atom. The molecule has 1 N–H and O–H groups in total. The highest BCUT2D eigenvalue weighted by Crippen LogP contribution is 2.20. The Labute approximate surface area is 109 Å². The van der Waals surface area contributed by atoms with E-state index in [-0.39, 0.29) is 5.91 Å². The van der Waals surface area contributed by atoms with Gasteiger partial charge in [0.15, 0.2) is 0 Å². The summed E-state index contributed by atoms with van der Waals surface area (Å²) in [4.78, 5) is 17.2. The van der Waals surface area contributed by atoms with Gasteiger partial charge < -0.3 is 14.6 Å². The summed E-state index contributed by atoms with van der Waals surface area (Å²) in [6.45, 7) is 2.51. The molecular weight excluding hydrogens is 252 g/mol. The fraction of sp³-hybridized carbons (Fsp3) is 0.308. The highest BCUT2D eigenvalue weighted by atomic mass is 35.5. The number of carbonyl (C=O) groups is 1. The third-order valence-electron chi connectivity index (χ3n) is 3.11. The summed E-state index contributed by atoms with van der Waals surface area (Å²) in [5, 5.41) is 1.66. The predicted molar refractivity (Wildman–Crippen MR) is 70.0 cm³/mol. The SMILES string of the molecule is O=C(c1cc2ccc(Cl)cc2[nH]1)N1CCOCC1. The van der Waals surface area contributed by atoms with E-state index >= 15 is 0 Å². The second-order valence-electron chi connectivity index (χ2n) is 4.32. The molecule has 2 heterocycles. The molecule has 3 rings (SSSR count). The van der Waals surface area contributed by atoms with Gasteiger partial charge in [-0.25, -0.2) is 0 Å². The number of nitrogens with zero attached hydrogens (tertiary/aromatic N) is 1. The van der Waals surface area contributed by atoms with Crippen LogP contribution in [0.4, 0.5) is 0 Å². The zero-order valence-corrected chi connectivity index (χ0v) is 10.5. The van der Waals surface area contributed by atoms with Crippen molar-refractivity contribution < 1.29 is 9.53 Å². The maximum atomic E-state index is 12.3. The van der Waals surface area contributed by atoms with Crippen LogP contribution in [0.3, 0.4) is 0 Å². The van der Waals surface area contributed by atoms with Crippen molar-refractivity contribution in [2.45, 2.75) is 0 Å². The monoisotopic (exact) mass is 264 g/mol. The number of ether oxygens (including phenoxy) is 1. The molecule has 1 amide bonds. The van der Waals surface area contributed by atoms with Crippen molar-refractivity contribution >= 4 is 28.4 Å². The second kappa shape index (κ2) is 4.63. The number of aromatic nitrogens is 1. The van der Waals surface area contributed by atoms with Crippen molar-refractivity contribution in [3.8, 4) is 0 Å². The molecule has 1 aliphatic heterocycles. The summed E-state index contributed by atoms with van der Waals surface area (Å²) in [5.74, 6) is 0.0191. The molecule has 0 radical (unpaired) electrons. The first-order valence-electron chi connectivity index (χ1n) is 5.89. The van der Waals surface area contributed by atoms with E-state index in [9.17, 15) is 4.79 Å². The van der Waals surface area contributed by atoms with Gasteiger partial charge in [-0.15, -0.1) is 0 Å². The lowest BCUT2D eigenvalue weighted by molar-refractivity contribution is 0.0299. The van der Waals surface area contributed by atoms with Crippen molar-refractivity contribution in [1.29, 1.82) is 0 Å². The number of aromatic amines is 1. The van der Waals surface area contributed by atoms with Gasteiger partial charge in [-0.1, -0.05) is 17.7 Å². The lowest BCUT2D eigenvalue weighted by atomic mass is 10.2. The highest BCUT2D eigenvalue weighted by molar-refractivity contribution is 6.31. The molecule has 1 aromatic heterocycles. The van der Waals surface area contributed by atoms with Gasteiger partial charge in [-0.3, -0.25) is 4.79 Å². The molecule has 4 nitrogen and oxygen atoms in total. The van der Waals surface area contributed by atoms with E-state index in [1.54, 1.807) is 4.90 Å². The number of H-pyrrole nitrogens is 1. The van der Waals surface area contributed by atoms with Crippen molar-refractivity contribution in [3.63, 3.8) is 0 Å². The Bertz CT molecular complexity index is 588. The predicted octanol–water partition coefficient (Wildman–Crippen LogP) is 2.29. The van der Waals surface area contributed by atoms with E-state index in [0.717, 1.165) is 10.9 Å². The number of hydrogen-bond acceptors (Lipinski definition) is 2. The Morgan fingerprint density at radius 2 is 2.06 bits per heavy atom.